The van der Waals surface area contributed by atoms with Crippen LogP contribution in [-0.4, -0.2) is 19.8 Å². The summed E-state index contributed by atoms with van der Waals surface area (Å²) in [6.07, 6.45) is 2.54. The molecule has 3 nitrogen and oxygen atoms in total. The van der Waals surface area contributed by atoms with Crippen molar-refractivity contribution >= 4 is 0 Å². The lowest BCUT2D eigenvalue weighted by atomic mass is 9.92. The monoisotopic (exact) mass is 244 g/mol. The maximum absolute atomic E-state index is 9.55. The Bertz CT molecular complexity index is 408. The van der Waals surface area contributed by atoms with E-state index in [0.717, 1.165) is 24.6 Å². The van der Waals surface area contributed by atoms with Gasteiger partial charge in [-0.25, -0.2) is 0 Å². The number of nitriles is 1. The van der Waals surface area contributed by atoms with Gasteiger partial charge in [-0.3, -0.25) is 5.32 Å². The molecular weight excluding hydrogens is 224 g/mol. The Hall–Kier alpha value is -1.37. The van der Waals surface area contributed by atoms with E-state index in [1.54, 1.807) is 0 Å². The molecule has 0 aliphatic heterocycles. The van der Waals surface area contributed by atoms with Crippen molar-refractivity contribution in [3.05, 3.63) is 35.9 Å². The van der Waals surface area contributed by atoms with Crippen LogP contribution in [0.4, 0.5) is 0 Å². The van der Waals surface area contributed by atoms with Gasteiger partial charge in [0.25, 0.3) is 0 Å². The first-order valence-corrected chi connectivity index (χ1v) is 6.60. The second kappa shape index (κ2) is 5.99. The predicted octanol–water partition coefficient (Wildman–Crippen LogP) is 2.44. The number of likely N-dealkylation sites (N-methyl/N-ethyl adjacent to an activating group) is 1. The number of hydrogen-bond acceptors (Lipinski definition) is 3. The van der Waals surface area contributed by atoms with Crippen LogP contribution in [0.1, 0.15) is 25.3 Å². The van der Waals surface area contributed by atoms with Gasteiger partial charge in [0.05, 0.1) is 12.7 Å². The fourth-order valence-corrected chi connectivity index (χ4v) is 2.06. The van der Waals surface area contributed by atoms with Crippen LogP contribution >= 0.6 is 0 Å². The van der Waals surface area contributed by atoms with Gasteiger partial charge in [0.2, 0.25) is 0 Å². The topological polar surface area (TPSA) is 45.0 Å². The summed E-state index contributed by atoms with van der Waals surface area (Å²) in [5.74, 6) is 0.721. The minimum atomic E-state index is -0.717. The number of nitrogens with one attached hydrogen (secondary N) is 1. The molecule has 0 radical (unpaired) electrons. The molecule has 1 aromatic carbocycles. The second-order valence-corrected chi connectivity index (χ2v) is 4.87. The van der Waals surface area contributed by atoms with Crippen molar-refractivity contribution in [3.63, 3.8) is 0 Å². The second-order valence-electron chi connectivity index (χ2n) is 4.87. The van der Waals surface area contributed by atoms with Gasteiger partial charge in [0, 0.05) is 6.61 Å². The molecule has 96 valence electrons. The third-order valence-electron chi connectivity index (χ3n) is 3.31. The molecule has 0 spiro atoms. The maximum atomic E-state index is 9.55. The van der Waals surface area contributed by atoms with Crippen LogP contribution in [0.3, 0.4) is 0 Å². The number of nitrogens with zero attached hydrogens (tertiary/aromatic N) is 1. The first-order chi connectivity index (χ1) is 8.80. The first kappa shape index (κ1) is 13.1. The summed E-state index contributed by atoms with van der Waals surface area (Å²) in [4.78, 5) is 0. The Morgan fingerprint density at radius 3 is 2.67 bits per heavy atom. The van der Waals surface area contributed by atoms with E-state index in [1.807, 2.05) is 37.3 Å². The van der Waals surface area contributed by atoms with E-state index < -0.39 is 5.54 Å². The zero-order chi connectivity index (χ0) is 12.8. The van der Waals surface area contributed by atoms with Gasteiger partial charge in [-0.2, -0.15) is 5.26 Å². The predicted molar refractivity (Wildman–Crippen MR) is 71.0 cm³/mol. The molecule has 1 N–H and O–H groups in total. The minimum absolute atomic E-state index is 0.415. The van der Waals surface area contributed by atoms with Crippen LogP contribution in [0.25, 0.3) is 0 Å². The van der Waals surface area contributed by atoms with Crippen LogP contribution in [0.5, 0.6) is 0 Å². The lowest BCUT2D eigenvalue weighted by Gasteiger charge is -2.27. The molecule has 1 atom stereocenters. The minimum Gasteiger partial charge on any atom is -0.378 e. The lowest BCUT2D eigenvalue weighted by molar-refractivity contribution is 0.0816. The summed E-state index contributed by atoms with van der Waals surface area (Å²) in [6, 6.07) is 12.2. The molecule has 1 aliphatic rings. The number of rotatable bonds is 7. The highest BCUT2D eigenvalue weighted by Crippen LogP contribution is 2.30. The average Bonchev–Trinajstić information content (AvgIpc) is 3.23. The molecule has 1 aromatic rings. The molecular formula is C15H20N2O. The summed E-state index contributed by atoms with van der Waals surface area (Å²) >= 11 is 0. The highest BCUT2D eigenvalue weighted by atomic mass is 16.5. The maximum Gasteiger partial charge on any atom is 0.155 e. The zero-order valence-electron chi connectivity index (χ0n) is 10.9. The van der Waals surface area contributed by atoms with Gasteiger partial charge in [0.15, 0.2) is 5.54 Å². The van der Waals surface area contributed by atoms with Crippen LogP contribution in [0.2, 0.25) is 0 Å². The van der Waals surface area contributed by atoms with Crippen LogP contribution in [0, 0.1) is 17.2 Å². The Morgan fingerprint density at radius 1 is 1.39 bits per heavy atom. The van der Waals surface area contributed by atoms with E-state index in [9.17, 15) is 5.26 Å². The van der Waals surface area contributed by atoms with Crippen LogP contribution in [-0.2, 0) is 10.3 Å². The lowest BCUT2D eigenvalue weighted by Crippen LogP contribution is -2.45. The normalized spacial score (nSPS) is 18.0. The molecule has 0 saturated heterocycles. The van der Waals surface area contributed by atoms with Gasteiger partial charge in [-0.15, -0.1) is 0 Å². The van der Waals surface area contributed by atoms with Gasteiger partial charge in [0.1, 0.15) is 0 Å². The summed E-state index contributed by atoms with van der Waals surface area (Å²) in [7, 11) is 0. The van der Waals surface area contributed by atoms with Crippen molar-refractivity contribution in [1.82, 2.24) is 5.32 Å². The van der Waals surface area contributed by atoms with E-state index >= 15 is 0 Å². The molecule has 1 saturated carbocycles. The molecule has 0 bridgehead atoms. The van der Waals surface area contributed by atoms with Gasteiger partial charge >= 0.3 is 0 Å². The molecule has 18 heavy (non-hydrogen) atoms. The van der Waals surface area contributed by atoms with E-state index in [1.165, 1.54) is 12.8 Å². The highest BCUT2D eigenvalue weighted by Gasteiger charge is 2.32. The van der Waals surface area contributed by atoms with E-state index in [0.29, 0.717) is 6.61 Å². The molecule has 1 fully saturated rings. The molecule has 0 aromatic heterocycles. The molecule has 0 heterocycles. The molecule has 1 unspecified atom stereocenters. The zero-order valence-corrected chi connectivity index (χ0v) is 10.9. The Morgan fingerprint density at radius 2 is 2.11 bits per heavy atom. The van der Waals surface area contributed by atoms with Crippen molar-refractivity contribution < 1.29 is 4.74 Å². The largest absolute Gasteiger partial charge is 0.378 e. The number of hydrogen-bond donors (Lipinski definition) is 1. The third kappa shape index (κ3) is 3.10. The third-order valence-corrected chi connectivity index (χ3v) is 3.31. The Kier molecular flexibility index (Phi) is 4.35. The fraction of sp³-hybridized carbons (Fsp3) is 0.533. The van der Waals surface area contributed by atoms with Gasteiger partial charge in [-0.1, -0.05) is 37.3 Å². The van der Waals surface area contributed by atoms with Crippen molar-refractivity contribution in [2.75, 3.05) is 19.8 Å². The molecule has 1 aliphatic carbocycles. The fourth-order valence-electron chi connectivity index (χ4n) is 2.06. The van der Waals surface area contributed by atoms with E-state index in [-0.39, 0.29) is 0 Å². The Balaban J connectivity index is 2.08. The van der Waals surface area contributed by atoms with Crippen molar-refractivity contribution in [2.45, 2.75) is 25.3 Å². The Labute approximate surface area is 109 Å². The van der Waals surface area contributed by atoms with E-state index in [4.69, 9.17) is 4.74 Å². The van der Waals surface area contributed by atoms with Gasteiger partial charge < -0.3 is 4.74 Å². The average molecular weight is 244 g/mol. The summed E-state index contributed by atoms with van der Waals surface area (Å²) in [6.45, 7) is 3.95. The quantitative estimate of drug-likeness (QED) is 0.801. The molecule has 2 rings (SSSR count). The molecule has 3 heteroatoms. The first-order valence-electron chi connectivity index (χ1n) is 6.60. The number of benzene rings is 1. The summed E-state index contributed by atoms with van der Waals surface area (Å²) in [5, 5.41) is 12.8. The molecule has 0 amide bonds. The summed E-state index contributed by atoms with van der Waals surface area (Å²) < 4.78 is 5.74. The van der Waals surface area contributed by atoms with Crippen molar-refractivity contribution in [2.24, 2.45) is 5.92 Å². The van der Waals surface area contributed by atoms with Crippen molar-refractivity contribution in [3.8, 4) is 6.07 Å². The highest BCUT2D eigenvalue weighted by molar-refractivity contribution is 5.31. The van der Waals surface area contributed by atoms with Crippen LogP contribution < -0.4 is 5.32 Å². The standard InChI is InChI=1S/C15H20N2O/c1-2-17-15(11-16,12-18-10-13-8-9-13)14-6-4-3-5-7-14/h3-7,13,17H,2,8-10,12H2,1H3. The van der Waals surface area contributed by atoms with Crippen LogP contribution in [0.15, 0.2) is 30.3 Å². The number of ether oxygens (including phenoxy) is 1. The smallest absolute Gasteiger partial charge is 0.155 e. The van der Waals surface area contributed by atoms with E-state index in [2.05, 4.69) is 11.4 Å². The van der Waals surface area contributed by atoms with Gasteiger partial charge in [-0.05, 0) is 30.9 Å². The summed E-state index contributed by atoms with van der Waals surface area (Å²) in [5.41, 5.74) is 0.260. The van der Waals surface area contributed by atoms with Crippen molar-refractivity contribution in [1.29, 1.82) is 5.26 Å². The SMILES string of the molecule is CCNC(C#N)(COCC1CC1)c1ccccc1.